The summed E-state index contributed by atoms with van der Waals surface area (Å²) in [5, 5.41) is 1.57. The Hall–Kier alpha value is -1.50. The third-order valence-corrected chi connectivity index (χ3v) is 3.55. The summed E-state index contributed by atoms with van der Waals surface area (Å²) in [5.74, 6) is -3.23. The van der Waals surface area contributed by atoms with Gasteiger partial charge < -0.3 is 0 Å². The predicted molar refractivity (Wildman–Crippen MR) is 63.6 cm³/mol. The van der Waals surface area contributed by atoms with Crippen molar-refractivity contribution in [2.75, 3.05) is 20.0 Å². The number of carbonyl (C=O) groups is 3. The van der Waals surface area contributed by atoms with Gasteiger partial charge in [0.2, 0.25) is 11.6 Å². The molecule has 0 unspecified atom stereocenters. The van der Waals surface area contributed by atoms with Gasteiger partial charge in [-0.15, -0.1) is 11.3 Å². The molecule has 0 aliphatic heterocycles. The van der Waals surface area contributed by atoms with Crippen LogP contribution in [0.3, 0.4) is 0 Å². The van der Waals surface area contributed by atoms with Crippen molar-refractivity contribution in [3.05, 3.63) is 22.4 Å². The van der Waals surface area contributed by atoms with E-state index in [2.05, 4.69) is 0 Å². The maximum atomic E-state index is 12.6. The SMILES string of the molecule is O=C(CC(=O)C(CF)(CF)CF)C(=O)c1cccs1. The van der Waals surface area contributed by atoms with Crippen LogP contribution in [0, 0.1) is 5.41 Å². The van der Waals surface area contributed by atoms with Crippen LogP contribution in [-0.4, -0.2) is 37.4 Å². The van der Waals surface area contributed by atoms with Crippen LogP contribution >= 0.6 is 11.3 Å². The summed E-state index contributed by atoms with van der Waals surface area (Å²) in [6.07, 6.45) is -0.992. The van der Waals surface area contributed by atoms with E-state index in [1.165, 1.54) is 6.07 Å². The minimum atomic E-state index is -2.45. The zero-order valence-electron chi connectivity index (χ0n) is 9.83. The average molecular weight is 292 g/mol. The molecular weight excluding hydrogens is 281 g/mol. The third kappa shape index (κ3) is 3.28. The van der Waals surface area contributed by atoms with E-state index in [1.54, 1.807) is 11.4 Å². The molecule has 1 aromatic rings. The lowest BCUT2D eigenvalue weighted by molar-refractivity contribution is -0.134. The Labute approximate surface area is 111 Å². The van der Waals surface area contributed by atoms with Gasteiger partial charge in [-0.2, -0.15) is 0 Å². The topological polar surface area (TPSA) is 51.2 Å². The first kappa shape index (κ1) is 15.6. The van der Waals surface area contributed by atoms with E-state index in [4.69, 9.17) is 0 Å². The highest BCUT2D eigenvalue weighted by Crippen LogP contribution is 2.24. The fourth-order valence-electron chi connectivity index (χ4n) is 1.29. The molecule has 0 aliphatic carbocycles. The summed E-state index contributed by atoms with van der Waals surface area (Å²) < 4.78 is 37.8. The maximum absolute atomic E-state index is 12.6. The molecule has 0 amide bonds. The van der Waals surface area contributed by atoms with E-state index in [1.807, 2.05) is 0 Å². The van der Waals surface area contributed by atoms with Crippen LogP contribution in [0.1, 0.15) is 16.1 Å². The molecule has 0 bridgehead atoms. The Kier molecular flexibility index (Phi) is 5.41. The van der Waals surface area contributed by atoms with Gasteiger partial charge in [-0.3, -0.25) is 14.4 Å². The Morgan fingerprint density at radius 1 is 1.11 bits per heavy atom. The first-order valence-electron chi connectivity index (χ1n) is 5.33. The normalized spacial score (nSPS) is 11.3. The second-order valence-corrected chi connectivity index (χ2v) is 4.96. The smallest absolute Gasteiger partial charge is 0.238 e. The van der Waals surface area contributed by atoms with Gasteiger partial charge in [0.05, 0.1) is 11.3 Å². The molecule has 0 aromatic carbocycles. The molecule has 1 heterocycles. The van der Waals surface area contributed by atoms with Crippen molar-refractivity contribution < 1.29 is 27.6 Å². The first-order valence-corrected chi connectivity index (χ1v) is 6.21. The molecule has 1 aromatic heterocycles. The van der Waals surface area contributed by atoms with E-state index in [0.717, 1.165) is 11.3 Å². The van der Waals surface area contributed by atoms with Crippen molar-refractivity contribution in [2.24, 2.45) is 5.41 Å². The zero-order chi connectivity index (χ0) is 14.5. The zero-order valence-corrected chi connectivity index (χ0v) is 10.6. The van der Waals surface area contributed by atoms with Crippen LogP contribution in [0.15, 0.2) is 17.5 Å². The Balaban J connectivity index is 2.77. The molecule has 19 heavy (non-hydrogen) atoms. The summed E-state index contributed by atoms with van der Waals surface area (Å²) in [6.45, 7) is -4.63. The number of rotatable bonds is 8. The molecule has 0 radical (unpaired) electrons. The van der Waals surface area contributed by atoms with Crippen LogP contribution in [0.2, 0.25) is 0 Å². The van der Waals surface area contributed by atoms with Gasteiger partial charge in [0.25, 0.3) is 0 Å². The van der Waals surface area contributed by atoms with Crippen LogP contribution in [-0.2, 0) is 9.59 Å². The molecule has 1 rings (SSSR count). The fourth-order valence-corrected chi connectivity index (χ4v) is 1.97. The largest absolute Gasteiger partial charge is 0.298 e. The highest BCUT2D eigenvalue weighted by Gasteiger charge is 2.40. The molecule has 104 valence electrons. The Morgan fingerprint density at radius 3 is 2.11 bits per heavy atom. The first-order chi connectivity index (χ1) is 9.00. The quantitative estimate of drug-likeness (QED) is 0.420. The molecule has 0 atom stereocenters. The lowest BCUT2D eigenvalue weighted by Crippen LogP contribution is -2.40. The monoisotopic (exact) mass is 292 g/mol. The number of ketones is 3. The fraction of sp³-hybridized carbons (Fsp3) is 0.417. The molecule has 0 saturated carbocycles. The molecule has 0 aliphatic rings. The lowest BCUT2D eigenvalue weighted by atomic mass is 9.84. The van der Waals surface area contributed by atoms with Gasteiger partial charge in [-0.1, -0.05) is 6.07 Å². The van der Waals surface area contributed by atoms with Crippen LogP contribution < -0.4 is 0 Å². The van der Waals surface area contributed by atoms with Crippen molar-refractivity contribution in [2.45, 2.75) is 6.42 Å². The number of hydrogen-bond donors (Lipinski definition) is 0. The predicted octanol–water partition coefficient (Wildman–Crippen LogP) is 2.35. The summed E-state index contributed by atoms with van der Waals surface area (Å²) >= 11 is 1.01. The van der Waals surface area contributed by atoms with Crippen LogP contribution in [0.4, 0.5) is 13.2 Å². The highest BCUT2D eigenvalue weighted by atomic mass is 32.1. The number of carbonyl (C=O) groups excluding carboxylic acids is 3. The number of halogens is 3. The minimum absolute atomic E-state index is 0.129. The van der Waals surface area contributed by atoms with Crippen molar-refractivity contribution >= 4 is 28.7 Å². The summed E-state index contributed by atoms with van der Waals surface area (Å²) in [5.41, 5.74) is -2.45. The highest BCUT2D eigenvalue weighted by molar-refractivity contribution is 7.13. The molecule has 0 spiro atoms. The van der Waals surface area contributed by atoms with Crippen molar-refractivity contribution in [3.63, 3.8) is 0 Å². The summed E-state index contributed by atoms with van der Waals surface area (Å²) in [7, 11) is 0. The van der Waals surface area contributed by atoms with E-state index >= 15 is 0 Å². The Morgan fingerprint density at radius 2 is 1.68 bits per heavy atom. The van der Waals surface area contributed by atoms with Gasteiger partial charge in [0.15, 0.2) is 5.78 Å². The second kappa shape index (κ2) is 6.60. The molecule has 0 N–H and O–H groups in total. The molecule has 7 heteroatoms. The van der Waals surface area contributed by atoms with Gasteiger partial charge >= 0.3 is 0 Å². The van der Waals surface area contributed by atoms with Crippen molar-refractivity contribution in [3.8, 4) is 0 Å². The standard InChI is InChI=1S/C12H11F3O3S/c13-5-12(6-14,7-15)10(17)4-8(16)11(18)9-2-1-3-19-9/h1-3H,4-7H2. The van der Waals surface area contributed by atoms with Gasteiger partial charge in [-0.25, -0.2) is 13.2 Å². The van der Waals surface area contributed by atoms with Gasteiger partial charge in [-0.05, 0) is 11.4 Å². The molecule has 3 nitrogen and oxygen atoms in total. The second-order valence-electron chi connectivity index (χ2n) is 4.01. The molecule has 0 saturated heterocycles. The number of hydrogen-bond acceptors (Lipinski definition) is 4. The van der Waals surface area contributed by atoms with Crippen LogP contribution in [0.5, 0.6) is 0 Å². The number of alkyl halides is 3. The third-order valence-electron chi connectivity index (χ3n) is 2.68. The van der Waals surface area contributed by atoms with Gasteiger partial charge in [0, 0.05) is 0 Å². The van der Waals surface area contributed by atoms with E-state index < -0.39 is 49.2 Å². The maximum Gasteiger partial charge on any atom is 0.238 e. The Bertz CT molecular complexity index is 458. The lowest BCUT2D eigenvalue weighted by Gasteiger charge is -2.21. The van der Waals surface area contributed by atoms with E-state index in [9.17, 15) is 27.6 Å². The molecule has 0 fully saturated rings. The number of Topliss-reactive ketones (excluding diaryl/α,β-unsaturated/α-hetero) is 3. The van der Waals surface area contributed by atoms with Crippen LogP contribution in [0.25, 0.3) is 0 Å². The van der Waals surface area contributed by atoms with E-state index in [-0.39, 0.29) is 4.88 Å². The summed E-state index contributed by atoms with van der Waals surface area (Å²) in [6, 6.07) is 2.93. The minimum Gasteiger partial charge on any atom is -0.298 e. The average Bonchev–Trinajstić information content (AvgIpc) is 2.94. The summed E-state index contributed by atoms with van der Waals surface area (Å²) in [4.78, 5) is 34.8. The van der Waals surface area contributed by atoms with E-state index in [0.29, 0.717) is 0 Å². The van der Waals surface area contributed by atoms with Crippen molar-refractivity contribution in [1.82, 2.24) is 0 Å². The molecular formula is C12H11F3O3S. The number of thiophene rings is 1. The van der Waals surface area contributed by atoms with Crippen molar-refractivity contribution in [1.29, 1.82) is 0 Å². The van der Waals surface area contributed by atoms with Gasteiger partial charge in [0.1, 0.15) is 25.4 Å².